The molecule has 0 radical (unpaired) electrons. The fourth-order valence-electron chi connectivity index (χ4n) is 3.11. The van der Waals surface area contributed by atoms with Crippen molar-refractivity contribution in [2.45, 2.75) is 19.9 Å². The molecule has 1 unspecified atom stereocenters. The molecule has 2 heterocycles. The van der Waals surface area contributed by atoms with Crippen LogP contribution in [-0.2, 0) is 11.3 Å². The average molecular weight is 341 g/mol. The highest BCUT2D eigenvalue weighted by molar-refractivity contribution is 5.79. The number of ether oxygens (including phenoxy) is 1. The number of para-hydroxylation sites is 1. The van der Waals surface area contributed by atoms with Crippen LogP contribution in [0, 0.1) is 5.92 Å². The van der Waals surface area contributed by atoms with Crippen LogP contribution in [0.1, 0.15) is 18.9 Å². The van der Waals surface area contributed by atoms with Gasteiger partial charge in [-0.3, -0.25) is 0 Å². The summed E-state index contributed by atoms with van der Waals surface area (Å²) in [6.07, 6.45) is 4.88. The monoisotopic (exact) mass is 341 g/mol. The number of benzene rings is 1. The lowest BCUT2D eigenvalue weighted by Gasteiger charge is -2.24. The molecule has 25 heavy (non-hydrogen) atoms. The lowest BCUT2D eigenvalue weighted by molar-refractivity contribution is 0.181. The molecule has 2 aromatic rings. The molecule has 3 rings (SSSR count). The van der Waals surface area contributed by atoms with Gasteiger partial charge in [-0.05, 0) is 31.0 Å². The van der Waals surface area contributed by atoms with Gasteiger partial charge in [0.2, 0.25) is 0 Å². The van der Waals surface area contributed by atoms with Gasteiger partial charge in [-0.15, -0.1) is 0 Å². The van der Waals surface area contributed by atoms with Crippen molar-refractivity contribution in [3.63, 3.8) is 0 Å². The van der Waals surface area contributed by atoms with Gasteiger partial charge in [0.25, 0.3) is 0 Å². The molecule has 0 aliphatic carbocycles. The van der Waals surface area contributed by atoms with E-state index in [1.807, 2.05) is 29.1 Å². The van der Waals surface area contributed by atoms with Crippen LogP contribution in [0.2, 0.25) is 0 Å². The quantitative estimate of drug-likeness (QED) is 0.647. The smallest absolute Gasteiger partial charge is 0.193 e. The Bertz CT molecular complexity index is 677. The van der Waals surface area contributed by atoms with Crippen LogP contribution in [0.15, 0.2) is 47.7 Å². The van der Waals surface area contributed by atoms with E-state index in [0.29, 0.717) is 12.5 Å². The lowest BCUT2D eigenvalue weighted by Crippen LogP contribution is -2.41. The molecule has 0 saturated carbocycles. The summed E-state index contributed by atoms with van der Waals surface area (Å²) in [5.41, 5.74) is 2.22. The molecule has 6 heteroatoms. The Balaban J connectivity index is 1.73. The van der Waals surface area contributed by atoms with Crippen LogP contribution in [0.25, 0.3) is 5.69 Å². The fraction of sp³-hybridized carbons (Fsp3) is 0.474. The van der Waals surface area contributed by atoms with E-state index >= 15 is 0 Å². The Labute approximate surface area is 149 Å². The maximum atomic E-state index is 5.49. The van der Waals surface area contributed by atoms with E-state index in [0.717, 1.165) is 49.9 Å². The summed E-state index contributed by atoms with van der Waals surface area (Å²) in [5.74, 6) is 1.52. The maximum absolute atomic E-state index is 5.49. The topological polar surface area (TPSA) is 54.7 Å². The Morgan fingerprint density at radius 2 is 2.28 bits per heavy atom. The molecule has 1 fully saturated rings. The molecular formula is C19H27N5O. The molecule has 1 aromatic carbocycles. The van der Waals surface area contributed by atoms with Crippen LogP contribution in [0.3, 0.4) is 0 Å². The molecule has 1 N–H and O–H groups in total. The SMILES string of the molecule is CCNC(=NCc1ccccc1-n1cccn1)N(C)CC1CCOC1. The van der Waals surface area contributed by atoms with Crippen molar-refractivity contribution in [2.75, 3.05) is 33.4 Å². The van der Waals surface area contributed by atoms with E-state index in [-0.39, 0.29) is 0 Å². The number of nitrogens with zero attached hydrogens (tertiary/aromatic N) is 4. The maximum Gasteiger partial charge on any atom is 0.193 e. The first-order valence-electron chi connectivity index (χ1n) is 8.93. The summed E-state index contributed by atoms with van der Waals surface area (Å²) in [6, 6.07) is 10.2. The third-order valence-corrected chi connectivity index (χ3v) is 4.39. The number of rotatable bonds is 6. The number of hydrogen-bond acceptors (Lipinski definition) is 3. The Hall–Kier alpha value is -2.34. The summed E-state index contributed by atoms with van der Waals surface area (Å²) >= 11 is 0. The molecule has 1 aliphatic heterocycles. The van der Waals surface area contributed by atoms with Crippen LogP contribution < -0.4 is 5.32 Å². The number of nitrogens with one attached hydrogen (secondary N) is 1. The van der Waals surface area contributed by atoms with E-state index in [4.69, 9.17) is 9.73 Å². The van der Waals surface area contributed by atoms with Crippen molar-refractivity contribution in [2.24, 2.45) is 10.9 Å². The third-order valence-electron chi connectivity index (χ3n) is 4.39. The first-order chi connectivity index (χ1) is 12.3. The zero-order valence-electron chi connectivity index (χ0n) is 15.1. The van der Waals surface area contributed by atoms with E-state index in [9.17, 15) is 0 Å². The Morgan fingerprint density at radius 3 is 3.00 bits per heavy atom. The van der Waals surface area contributed by atoms with Gasteiger partial charge < -0.3 is 15.0 Å². The van der Waals surface area contributed by atoms with Crippen LogP contribution in [0.4, 0.5) is 0 Å². The molecule has 134 valence electrons. The second-order valence-corrected chi connectivity index (χ2v) is 6.36. The molecule has 0 spiro atoms. The molecular weight excluding hydrogens is 314 g/mol. The second kappa shape index (κ2) is 8.67. The van der Waals surface area contributed by atoms with E-state index in [1.165, 1.54) is 0 Å². The van der Waals surface area contributed by atoms with Crippen LogP contribution >= 0.6 is 0 Å². The summed E-state index contributed by atoms with van der Waals surface area (Å²) in [4.78, 5) is 7.05. The average Bonchev–Trinajstić information content (AvgIpc) is 3.32. The second-order valence-electron chi connectivity index (χ2n) is 6.36. The number of guanidine groups is 1. The fourth-order valence-corrected chi connectivity index (χ4v) is 3.11. The highest BCUT2D eigenvalue weighted by Gasteiger charge is 2.19. The zero-order valence-corrected chi connectivity index (χ0v) is 15.1. The van der Waals surface area contributed by atoms with Gasteiger partial charge in [0, 0.05) is 45.1 Å². The molecule has 0 amide bonds. The first-order valence-corrected chi connectivity index (χ1v) is 8.93. The minimum atomic E-state index is 0.588. The van der Waals surface area contributed by atoms with Gasteiger partial charge in [-0.25, -0.2) is 9.67 Å². The largest absolute Gasteiger partial charge is 0.381 e. The van der Waals surface area contributed by atoms with Crippen molar-refractivity contribution >= 4 is 5.96 Å². The summed E-state index contributed by atoms with van der Waals surface area (Å²) in [5, 5.41) is 7.74. The van der Waals surface area contributed by atoms with E-state index in [2.05, 4.69) is 41.4 Å². The van der Waals surface area contributed by atoms with Gasteiger partial charge in [-0.1, -0.05) is 18.2 Å². The van der Waals surface area contributed by atoms with Gasteiger partial charge >= 0.3 is 0 Å². The highest BCUT2D eigenvalue weighted by Crippen LogP contribution is 2.16. The summed E-state index contributed by atoms with van der Waals surface area (Å²) in [7, 11) is 2.10. The van der Waals surface area contributed by atoms with Crippen molar-refractivity contribution in [3.8, 4) is 5.69 Å². The standard InChI is InChI=1S/C19H27N5O/c1-3-20-19(23(2)14-16-9-12-25-15-16)21-13-17-7-4-5-8-18(17)24-11-6-10-22-24/h4-8,10-11,16H,3,9,12-15H2,1-2H3,(H,20,21). The minimum Gasteiger partial charge on any atom is -0.381 e. The molecule has 1 saturated heterocycles. The van der Waals surface area contributed by atoms with E-state index < -0.39 is 0 Å². The normalized spacial score (nSPS) is 17.7. The van der Waals surface area contributed by atoms with Crippen molar-refractivity contribution in [1.29, 1.82) is 0 Å². The molecule has 6 nitrogen and oxygen atoms in total. The Morgan fingerprint density at radius 1 is 1.40 bits per heavy atom. The molecule has 1 aromatic heterocycles. The molecule has 1 aliphatic rings. The van der Waals surface area contributed by atoms with E-state index in [1.54, 1.807) is 6.20 Å². The zero-order chi connectivity index (χ0) is 17.5. The molecule has 1 atom stereocenters. The first kappa shape index (κ1) is 17.5. The molecule has 0 bridgehead atoms. The van der Waals surface area contributed by atoms with Crippen LogP contribution in [-0.4, -0.2) is 54.0 Å². The van der Waals surface area contributed by atoms with Gasteiger partial charge in [0.1, 0.15) is 0 Å². The van der Waals surface area contributed by atoms with Gasteiger partial charge in [0.15, 0.2) is 5.96 Å². The predicted octanol–water partition coefficient (Wildman–Crippen LogP) is 2.31. The summed E-state index contributed by atoms with van der Waals surface area (Å²) in [6.45, 7) is 6.26. The predicted molar refractivity (Wildman–Crippen MR) is 99.9 cm³/mol. The van der Waals surface area contributed by atoms with Crippen molar-refractivity contribution < 1.29 is 4.74 Å². The van der Waals surface area contributed by atoms with Gasteiger partial charge in [0.05, 0.1) is 18.8 Å². The number of aromatic nitrogens is 2. The van der Waals surface area contributed by atoms with Gasteiger partial charge in [-0.2, -0.15) is 5.10 Å². The summed E-state index contributed by atoms with van der Waals surface area (Å²) < 4.78 is 7.37. The lowest BCUT2D eigenvalue weighted by atomic mass is 10.1. The van der Waals surface area contributed by atoms with Crippen molar-refractivity contribution in [1.82, 2.24) is 20.0 Å². The highest BCUT2D eigenvalue weighted by atomic mass is 16.5. The minimum absolute atomic E-state index is 0.588. The number of hydrogen-bond donors (Lipinski definition) is 1. The van der Waals surface area contributed by atoms with Crippen molar-refractivity contribution in [3.05, 3.63) is 48.3 Å². The Kier molecular flexibility index (Phi) is 6.06. The number of aliphatic imine (C=N–C) groups is 1. The third kappa shape index (κ3) is 4.60. The van der Waals surface area contributed by atoms with Crippen LogP contribution in [0.5, 0.6) is 0 Å².